The molecule has 0 aliphatic carbocycles. The van der Waals surface area contributed by atoms with Crippen LogP contribution in [-0.2, 0) is 9.53 Å². The van der Waals surface area contributed by atoms with Gasteiger partial charge >= 0.3 is 5.97 Å². The molecular formula is C16H18N4O3S2. The number of ether oxygens (including phenoxy) is 1. The maximum atomic E-state index is 11.7. The zero-order chi connectivity index (χ0) is 18.1. The molecule has 2 rings (SSSR count). The predicted molar refractivity (Wildman–Crippen MR) is 98.5 cm³/mol. The van der Waals surface area contributed by atoms with Gasteiger partial charge in [0.1, 0.15) is 6.61 Å². The molecule has 2 heterocycles. The Morgan fingerprint density at radius 1 is 1.12 bits per heavy atom. The average Bonchev–Trinajstić information content (AvgIpc) is 2.64. The van der Waals surface area contributed by atoms with E-state index in [1.165, 1.54) is 16.7 Å². The summed E-state index contributed by atoms with van der Waals surface area (Å²) in [6.07, 6.45) is 3.33. The van der Waals surface area contributed by atoms with Crippen LogP contribution < -0.4 is 0 Å². The molecule has 0 radical (unpaired) electrons. The summed E-state index contributed by atoms with van der Waals surface area (Å²) in [6, 6.07) is 7.34. The van der Waals surface area contributed by atoms with E-state index in [1.807, 2.05) is 18.2 Å². The van der Waals surface area contributed by atoms with Crippen LogP contribution in [0.4, 0.5) is 4.79 Å². The third-order valence-electron chi connectivity index (χ3n) is 2.82. The highest BCUT2D eigenvalue weighted by atomic mass is 32.2. The van der Waals surface area contributed by atoms with Crippen LogP contribution in [0.25, 0.3) is 11.4 Å². The van der Waals surface area contributed by atoms with Crippen molar-refractivity contribution in [2.75, 3.05) is 32.2 Å². The predicted octanol–water partition coefficient (Wildman–Crippen LogP) is 2.59. The van der Waals surface area contributed by atoms with Gasteiger partial charge in [-0.15, -0.1) is 0 Å². The monoisotopic (exact) mass is 378 g/mol. The number of carbonyl (C=O) groups excluding carboxylic acids is 2. The van der Waals surface area contributed by atoms with E-state index < -0.39 is 0 Å². The number of nitrogens with zero attached hydrogens (tertiary/aromatic N) is 4. The van der Waals surface area contributed by atoms with Gasteiger partial charge in [0, 0.05) is 32.2 Å². The summed E-state index contributed by atoms with van der Waals surface area (Å²) < 4.78 is 5.09. The number of pyridine rings is 1. The van der Waals surface area contributed by atoms with Crippen molar-refractivity contribution in [2.24, 2.45) is 0 Å². The molecular weight excluding hydrogens is 360 g/mol. The molecule has 0 aliphatic heterocycles. The molecule has 0 saturated carbocycles. The Morgan fingerprint density at radius 2 is 1.96 bits per heavy atom. The summed E-state index contributed by atoms with van der Waals surface area (Å²) in [5.74, 6) is 0.173. The van der Waals surface area contributed by atoms with Crippen LogP contribution in [-0.4, -0.2) is 63.3 Å². The van der Waals surface area contributed by atoms with E-state index in [4.69, 9.17) is 4.74 Å². The standard InChI is InChI=1S/C16H18N4O3S2/c1-20(2)16(22)24-10-9-23-14(21)11-25-15-18-8-6-13(19-15)12-5-3-4-7-17-12/h3-8H,9-11H2,1-2H3. The van der Waals surface area contributed by atoms with E-state index >= 15 is 0 Å². The number of carbonyl (C=O) groups is 2. The highest BCUT2D eigenvalue weighted by Crippen LogP contribution is 2.18. The van der Waals surface area contributed by atoms with Crippen LogP contribution in [0.2, 0.25) is 0 Å². The zero-order valence-corrected chi connectivity index (χ0v) is 15.5. The lowest BCUT2D eigenvalue weighted by Crippen LogP contribution is -2.18. The zero-order valence-electron chi connectivity index (χ0n) is 13.9. The van der Waals surface area contributed by atoms with Gasteiger partial charge in [0.15, 0.2) is 5.16 Å². The van der Waals surface area contributed by atoms with E-state index in [2.05, 4.69) is 15.0 Å². The molecule has 0 aromatic carbocycles. The number of amides is 1. The van der Waals surface area contributed by atoms with E-state index in [1.54, 1.807) is 32.6 Å². The molecule has 1 amide bonds. The molecule has 7 nitrogen and oxygen atoms in total. The molecule has 2 aromatic heterocycles. The van der Waals surface area contributed by atoms with Crippen molar-refractivity contribution in [1.29, 1.82) is 0 Å². The van der Waals surface area contributed by atoms with Crippen LogP contribution in [0.15, 0.2) is 41.8 Å². The van der Waals surface area contributed by atoms with Gasteiger partial charge < -0.3 is 9.64 Å². The van der Waals surface area contributed by atoms with Crippen molar-refractivity contribution >= 4 is 34.7 Å². The molecule has 2 aromatic rings. The molecule has 0 spiro atoms. The fourth-order valence-corrected chi connectivity index (χ4v) is 2.87. The molecule has 0 atom stereocenters. The second kappa shape index (κ2) is 10.00. The Kier molecular flexibility index (Phi) is 7.68. The number of aromatic nitrogens is 3. The molecule has 0 N–H and O–H groups in total. The number of esters is 1. The first-order chi connectivity index (χ1) is 12.1. The van der Waals surface area contributed by atoms with Gasteiger partial charge in [0.05, 0.1) is 17.1 Å². The molecule has 0 aliphatic rings. The van der Waals surface area contributed by atoms with Gasteiger partial charge in [0.2, 0.25) is 0 Å². The number of thioether (sulfide) groups is 2. The van der Waals surface area contributed by atoms with Crippen molar-refractivity contribution in [1.82, 2.24) is 19.9 Å². The fraction of sp³-hybridized carbons (Fsp3) is 0.312. The topological polar surface area (TPSA) is 85.3 Å². The van der Waals surface area contributed by atoms with Crippen molar-refractivity contribution < 1.29 is 14.3 Å². The third kappa shape index (κ3) is 6.71. The van der Waals surface area contributed by atoms with Gasteiger partial charge in [-0.1, -0.05) is 29.6 Å². The van der Waals surface area contributed by atoms with Gasteiger partial charge in [-0.25, -0.2) is 9.97 Å². The highest BCUT2D eigenvalue weighted by Gasteiger charge is 2.09. The summed E-state index contributed by atoms with van der Waals surface area (Å²) in [5.41, 5.74) is 1.45. The van der Waals surface area contributed by atoms with Crippen LogP contribution in [0.5, 0.6) is 0 Å². The van der Waals surface area contributed by atoms with Crippen LogP contribution in [0, 0.1) is 0 Å². The minimum Gasteiger partial charge on any atom is -0.464 e. The molecule has 0 unspecified atom stereocenters. The number of rotatable bonds is 7. The first kappa shape index (κ1) is 19.2. The van der Waals surface area contributed by atoms with Crippen molar-refractivity contribution in [3.8, 4) is 11.4 Å². The molecule has 9 heteroatoms. The van der Waals surface area contributed by atoms with Crippen molar-refractivity contribution in [3.63, 3.8) is 0 Å². The highest BCUT2D eigenvalue weighted by molar-refractivity contribution is 8.13. The van der Waals surface area contributed by atoms with Gasteiger partial charge in [-0.05, 0) is 18.2 Å². The Morgan fingerprint density at radius 3 is 2.68 bits per heavy atom. The average molecular weight is 378 g/mol. The quantitative estimate of drug-likeness (QED) is 0.315. The lowest BCUT2D eigenvalue weighted by Gasteiger charge is -2.09. The van der Waals surface area contributed by atoms with Gasteiger partial charge in [-0.3, -0.25) is 14.6 Å². The smallest absolute Gasteiger partial charge is 0.316 e. The van der Waals surface area contributed by atoms with Crippen LogP contribution >= 0.6 is 23.5 Å². The fourth-order valence-electron chi connectivity index (χ4n) is 1.65. The van der Waals surface area contributed by atoms with E-state index in [0.29, 0.717) is 16.6 Å². The molecule has 0 saturated heterocycles. The first-order valence-electron chi connectivity index (χ1n) is 7.43. The van der Waals surface area contributed by atoms with Crippen molar-refractivity contribution in [2.45, 2.75) is 5.16 Å². The summed E-state index contributed by atoms with van der Waals surface area (Å²) in [6.45, 7) is 0.193. The van der Waals surface area contributed by atoms with E-state index in [0.717, 1.165) is 17.5 Å². The Bertz CT molecular complexity index is 714. The van der Waals surface area contributed by atoms with Crippen molar-refractivity contribution in [3.05, 3.63) is 36.7 Å². The number of hydrogen-bond donors (Lipinski definition) is 0. The second-order valence-electron chi connectivity index (χ2n) is 4.96. The van der Waals surface area contributed by atoms with Crippen LogP contribution in [0.1, 0.15) is 0 Å². The second-order valence-corrected chi connectivity index (χ2v) is 6.95. The molecule has 132 valence electrons. The third-order valence-corrected chi connectivity index (χ3v) is 4.63. The maximum absolute atomic E-state index is 11.7. The molecule has 0 bridgehead atoms. The number of hydrogen-bond acceptors (Lipinski definition) is 8. The minimum atomic E-state index is -0.366. The maximum Gasteiger partial charge on any atom is 0.316 e. The Labute approximate surface area is 154 Å². The summed E-state index contributed by atoms with van der Waals surface area (Å²) >= 11 is 2.31. The summed E-state index contributed by atoms with van der Waals surface area (Å²) in [7, 11) is 3.36. The largest absolute Gasteiger partial charge is 0.464 e. The van der Waals surface area contributed by atoms with Gasteiger partial charge in [-0.2, -0.15) is 0 Å². The van der Waals surface area contributed by atoms with Crippen LogP contribution in [0.3, 0.4) is 0 Å². The molecule has 0 fully saturated rings. The first-order valence-corrected chi connectivity index (χ1v) is 9.40. The molecule has 25 heavy (non-hydrogen) atoms. The summed E-state index contributed by atoms with van der Waals surface area (Å²) in [4.78, 5) is 37.3. The van der Waals surface area contributed by atoms with E-state index in [-0.39, 0.29) is 23.6 Å². The summed E-state index contributed by atoms with van der Waals surface area (Å²) in [5, 5.41) is 0.419. The van der Waals surface area contributed by atoms with Gasteiger partial charge in [0.25, 0.3) is 5.24 Å². The SMILES string of the molecule is CN(C)C(=O)SCCOC(=O)CSc1nccc(-c2ccccn2)n1. The normalized spacial score (nSPS) is 10.3. The Hall–Kier alpha value is -2.13. The van der Waals surface area contributed by atoms with E-state index in [9.17, 15) is 9.59 Å². The minimum absolute atomic E-state index is 0.0647. The lowest BCUT2D eigenvalue weighted by molar-refractivity contribution is -0.139. The Balaban J connectivity index is 1.76. The lowest BCUT2D eigenvalue weighted by atomic mass is 10.3.